The van der Waals surface area contributed by atoms with Crippen molar-refractivity contribution in [3.63, 3.8) is 0 Å². The van der Waals surface area contributed by atoms with Gasteiger partial charge in [-0.25, -0.2) is 0 Å². The first-order chi connectivity index (χ1) is 19.3. The third kappa shape index (κ3) is 13.8. The number of carboxylic acids is 2. The first kappa shape index (κ1) is 46.5. The summed E-state index contributed by atoms with van der Waals surface area (Å²) in [5.41, 5.74) is 0. The maximum atomic E-state index is 11.9. The Labute approximate surface area is 344 Å². The Morgan fingerprint density at radius 2 is 0.750 bits per heavy atom. The molecule has 28 heteroatoms. The molecule has 236 valence electrons. The van der Waals surface area contributed by atoms with Crippen LogP contribution in [0.15, 0.2) is 0 Å². The largest absolute Gasteiger partial charge is 1.00 e. The maximum Gasteiger partial charge on any atom is 1.00 e. The number of hydrogen-bond acceptors (Lipinski definition) is 24. The van der Waals surface area contributed by atoms with Crippen LogP contribution in [0.2, 0.25) is 0 Å². The van der Waals surface area contributed by atoms with Crippen molar-refractivity contribution in [1.29, 1.82) is 0 Å². The molecule has 0 aromatic rings. The second-order valence-corrected chi connectivity index (χ2v) is 12.8. The minimum atomic E-state index is -4.60. The van der Waals surface area contributed by atoms with Crippen molar-refractivity contribution >= 4 is 90.7 Å². The van der Waals surface area contributed by atoms with Crippen molar-refractivity contribution in [2.45, 2.75) is 48.8 Å². The van der Waals surface area contributed by atoms with Gasteiger partial charge in [0.05, 0.1) is 11.9 Å². The quantitative estimate of drug-likeness (QED) is 0.105. The Kier molecular flexibility index (Phi) is 22.5. The van der Waals surface area contributed by atoms with E-state index >= 15 is 0 Å². The van der Waals surface area contributed by atoms with E-state index in [2.05, 4.69) is 18.1 Å². The number of carbonyl (C=O) groups is 8. The van der Waals surface area contributed by atoms with Crippen molar-refractivity contribution in [3.8, 4) is 0 Å². The zero-order valence-corrected chi connectivity index (χ0v) is 33.0. The molecule has 0 aliphatic carbocycles. The molecule has 2 rings (SSSR count). The van der Waals surface area contributed by atoms with E-state index in [1.807, 2.05) is 0 Å². The van der Waals surface area contributed by atoms with Crippen LogP contribution in [0.4, 0.5) is 0 Å². The van der Waals surface area contributed by atoms with Gasteiger partial charge in [0.1, 0.15) is 12.2 Å². The summed E-state index contributed by atoms with van der Waals surface area (Å²) in [6.07, 6.45) is -19.7. The Balaban J connectivity index is 0. The number of hydrogen-bond donors (Lipinski definition) is 8. The molecule has 0 aromatic carbocycles. The fourth-order valence-corrected chi connectivity index (χ4v) is 6.91. The molecule has 0 radical (unpaired) electrons. The second kappa shape index (κ2) is 21.3. The Bertz CT molecular complexity index is 976. The van der Waals surface area contributed by atoms with Gasteiger partial charge in [0.2, 0.25) is 0 Å². The van der Waals surface area contributed by atoms with Gasteiger partial charge in [-0.15, -0.1) is 0 Å². The predicted octanol–water partition coefficient (Wildman–Crippen LogP) is -18.4. The van der Waals surface area contributed by atoms with E-state index in [4.69, 9.17) is 10.2 Å². The minimum Gasteiger partial charge on any atom is 1.00 e. The van der Waals surface area contributed by atoms with Crippen LogP contribution in [0.1, 0.15) is 0 Å². The van der Waals surface area contributed by atoms with Crippen LogP contribution in [0, 0.1) is 0 Å². The Morgan fingerprint density at radius 1 is 0.545 bits per heavy atom. The van der Waals surface area contributed by atoms with Gasteiger partial charge < -0.3 is 30.0 Å². The zero-order chi connectivity index (χ0) is 32.6. The number of aliphatic hydroxyl groups excluding tert-OH is 8. The molecule has 8 N–H and O–H groups in total. The van der Waals surface area contributed by atoms with Crippen molar-refractivity contribution in [3.05, 3.63) is 0 Å². The van der Waals surface area contributed by atoms with E-state index in [0.29, 0.717) is 0 Å². The van der Waals surface area contributed by atoms with E-state index < -0.39 is 140 Å². The van der Waals surface area contributed by atoms with Crippen LogP contribution in [0.25, 0.3) is 0 Å². The summed E-state index contributed by atoms with van der Waals surface area (Å²) in [5, 5.41) is 92.3. The average molecular weight is 914 g/mol. The van der Waals surface area contributed by atoms with E-state index in [1.54, 1.807) is 0 Å². The van der Waals surface area contributed by atoms with Gasteiger partial charge in [-0.2, -0.15) is 0 Å². The average Bonchev–Trinajstić information content (AvgIpc) is 3.06. The van der Waals surface area contributed by atoms with Crippen LogP contribution in [-0.4, -0.2) is 180 Å². The van der Waals surface area contributed by atoms with Gasteiger partial charge in [0.25, 0.3) is 0 Å². The van der Waals surface area contributed by atoms with Crippen LogP contribution in [0.3, 0.4) is 0 Å². The summed E-state index contributed by atoms with van der Waals surface area (Å²) in [4.78, 5) is 88.6. The van der Waals surface area contributed by atoms with E-state index in [9.17, 15) is 79.2 Å². The van der Waals surface area contributed by atoms with Gasteiger partial charge in [0.15, 0.2) is 0 Å². The molecule has 0 amide bonds. The molecule has 0 bridgehead atoms. The van der Waals surface area contributed by atoms with Crippen LogP contribution >= 0.6 is 0 Å². The minimum absolute atomic E-state index is 0. The molecule has 2 saturated heterocycles. The first-order valence-corrected chi connectivity index (χ1v) is 16.3. The van der Waals surface area contributed by atoms with Crippen molar-refractivity contribution in [2.75, 3.05) is 0 Å². The van der Waals surface area contributed by atoms with Crippen molar-refractivity contribution in [1.82, 2.24) is 0 Å². The third-order valence-electron chi connectivity index (χ3n) is 4.12. The van der Waals surface area contributed by atoms with Crippen molar-refractivity contribution < 1.29 is 210 Å². The SMILES string of the molecule is O=C([O-])C(O)C(O)C(=O)[O-].O=C1[O][Sb]([O]C(=O)C(O)C(O)C(=O)[O][Sb]2[O]C(=O)C(O)C(O)C(=O)[O]2)[O]C(=O)C(O)C1O.[K+].[K+]. The van der Waals surface area contributed by atoms with Crippen LogP contribution in [0.5, 0.6) is 0 Å². The van der Waals surface area contributed by atoms with Gasteiger partial charge in [-0.3, -0.25) is 0 Å². The number of rotatable bonds is 8. The molecule has 24 nitrogen and oxygen atoms in total. The number of aliphatic carboxylic acids is 2. The Morgan fingerprint density at radius 3 is 0.932 bits per heavy atom. The summed E-state index contributed by atoms with van der Waals surface area (Å²) < 4.78 is 26.4. The van der Waals surface area contributed by atoms with Crippen LogP contribution < -0.4 is 113 Å². The summed E-state index contributed by atoms with van der Waals surface area (Å²) in [5.74, 6) is -14.2. The monoisotopic (exact) mass is 912 g/mol. The summed E-state index contributed by atoms with van der Waals surface area (Å²) in [6, 6.07) is 0. The zero-order valence-electron chi connectivity index (χ0n) is 21.6. The van der Waals surface area contributed by atoms with E-state index in [-0.39, 0.29) is 103 Å². The summed E-state index contributed by atoms with van der Waals surface area (Å²) in [7, 11) is 0. The number of aliphatic hydroxyl groups is 8. The van der Waals surface area contributed by atoms with Gasteiger partial charge in [-0.1, -0.05) is 0 Å². The molecule has 2 heterocycles. The van der Waals surface area contributed by atoms with Crippen molar-refractivity contribution in [2.24, 2.45) is 0 Å². The van der Waals surface area contributed by atoms with Crippen LogP contribution in [-0.2, 0) is 56.4 Å². The second-order valence-electron chi connectivity index (χ2n) is 7.11. The predicted molar refractivity (Wildman–Crippen MR) is 106 cm³/mol. The summed E-state index contributed by atoms with van der Waals surface area (Å²) >= 11 is -9.20. The molecule has 0 saturated carbocycles. The van der Waals surface area contributed by atoms with Gasteiger partial charge in [0, 0.05) is 0 Å². The molecule has 8 atom stereocenters. The molecule has 2 fully saturated rings. The molecular weight excluding hydrogens is 898 g/mol. The fraction of sp³-hybridized carbons (Fsp3) is 0.500. The Hall–Kier alpha value is 0.349. The fourth-order valence-electron chi connectivity index (χ4n) is 1.91. The number of carbonyl (C=O) groups excluding carboxylic acids is 8. The molecule has 2 aliphatic rings. The third-order valence-corrected chi connectivity index (χ3v) is 9.75. The molecule has 44 heavy (non-hydrogen) atoms. The standard InChI is InChI=1S/4C4H6O6.2K.2Sb/c4*5-1(3(7)8)2(6)4(9)10;;;;/h4*1-2,5-6H,(H,7,8)(H,9,10);;;;/q;;;;2*+1;2*+3/p-8. The maximum absolute atomic E-state index is 11.9. The smallest absolute Gasteiger partial charge is 1.00 e. The molecule has 2 aliphatic heterocycles. The molecule has 0 aromatic heterocycles. The molecule has 8 unspecified atom stereocenters. The normalized spacial score (nSPS) is 24.9. The number of carboxylic acid groups (broad SMARTS) is 2. The van der Waals surface area contributed by atoms with Gasteiger partial charge >= 0.3 is 296 Å². The first-order valence-electron chi connectivity index (χ1n) is 10.1. The molecule has 0 spiro atoms. The van der Waals surface area contributed by atoms with E-state index in [0.717, 1.165) is 0 Å². The topological polar surface area (TPSA) is 400 Å². The summed E-state index contributed by atoms with van der Waals surface area (Å²) in [6.45, 7) is 0. The molecular formula is C16H16K2O24Sb2. The van der Waals surface area contributed by atoms with Gasteiger partial charge in [-0.05, 0) is 0 Å². The van der Waals surface area contributed by atoms with E-state index in [1.165, 1.54) is 0 Å².